The molecule has 202 valence electrons. The quantitative estimate of drug-likeness (QED) is 0.362. The normalized spacial score (nSPS) is 17.1. The fourth-order valence-corrected chi connectivity index (χ4v) is 6.60. The van der Waals surface area contributed by atoms with Gasteiger partial charge in [-0.25, -0.2) is 4.52 Å². The van der Waals surface area contributed by atoms with Crippen LogP contribution >= 0.6 is 11.3 Å². The first kappa shape index (κ1) is 25.7. The Hall–Kier alpha value is -4.55. The molecule has 12 heteroatoms. The number of nitrogens with one attached hydrogen (secondary N) is 2. The second kappa shape index (κ2) is 10.2. The topological polar surface area (TPSA) is 148 Å². The van der Waals surface area contributed by atoms with Crippen molar-refractivity contribution >= 4 is 33.6 Å². The summed E-state index contributed by atoms with van der Waals surface area (Å²) in [5, 5.41) is 40.0. The summed E-state index contributed by atoms with van der Waals surface area (Å²) in [7, 11) is 0. The first-order chi connectivity index (χ1) is 19.4. The van der Waals surface area contributed by atoms with Gasteiger partial charge in [0.05, 0.1) is 40.3 Å². The third-order valence-corrected chi connectivity index (χ3v) is 8.80. The summed E-state index contributed by atoms with van der Waals surface area (Å²) in [6.45, 7) is 5.28. The van der Waals surface area contributed by atoms with Gasteiger partial charge in [0.2, 0.25) is 11.0 Å². The van der Waals surface area contributed by atoms with E-state index in [2.05, 4.69) is 43.0 Å². The van der Waals surface area contributed by atoms with E-state index in [9.17, 15) is 15.3 Å². The highest BCUT2D eigenvalue weighted by Gasteiger charge is 2.46. The standard InChI is InChI=1S/C28H28N10OS/c1-17(11-29)33-23-10-24(25-4-3-21-9-19(12-30)13-32-38(21)25)31-14-22(23)26-35-36-27(40-26)37-15-28(16-37)7-5-20(6-8-28)34-18(2)39/h3-4,9-10,13-14,17,20H,5-8,15-16H2,1-2H3,(H,31,33)(H,34,39)/t17-/m1/s1. The smallest absolute Gasteiger partial charge is 0.217 e. The lowest BCUT2D eigenvalue weighted by atomic mass is 9.67. The molecule has 0 bridgehead atoms. The maximum Gasteiger partial charge on any atom is 0.217 e. The predicted octanol–water partition coefficient (Wildman–Crippen LogP) is 4.00. The van der Waals surface area contributed by atoms with Crippen molar-refractivity contribution in [2.45, 2.75) is 51.6 Å². The Morgan fingerprint density at radius 1 is 1.18 bits per heavy atom. The molecule has 5 heterocycles. The number of carbonyl (C=O) groups is 1. The summed E-state index contributed by atoms with van der Waals surface area (Å²) in [6, 6.07) is 11.7. The number of fused-ring (bicyclic) bond motifs is 1. The third-order valence-electron chi connectivity index (χ3n) is 7.78. The first-order valence-corrected chi connectivity index (χ1v) is 14.1. The van der Waals surface area contributed by atoms with E-state index in [1.165, 1.54) is 17.5 Å². The lowest BCUT2D eigenvalue weighted by Gasteiger charge is -2.53. The number of nitrogens with zero attached hydrogens (tertiary/aromatic N) is 8. The largest absolute Gasteiger partial charge is 0.369 e. The average Bonchev–Trinajstić information content (AvgIpc) is 3.59. The van der Waals surface area contributed by atoms with Gasteiger partial charge in [0, 0.05) is 43.4 Å². The Kier molecular flexibility index (Phi) is 6.56. The van der Waals surface area contributed by atoms with E-state index >= 15 is 0 Å². The van der Waals surface area contributed by atoms with Gasteiger partial charge in [-0.05, 0) is 56.9 Å². The molecule has 4 aromatic heterocycles. The Balaban J connectivity index is 1.23. The van der Waals surface area contributed by atoms with Crippen molar-refractivity contribution in [1.82, 2.24) is 30.1 Å². The second-order valence-electron chi connectivity index (χ2n) is 10.7. The van der Waals surface area contributed by atoms with Crippen LogP contribution in [-0.2, 0) is 4.79 Å². The molecule has 2 aliphatic rings. The Morgan fingerprint density at radius 3 is 2.70 bits per heavy atom. The summed E-state index contributed by atoms with van der Waals surface area (Å²) in [4.78, 5) is 18.4. The molecule has 1 atom stereocenters. The monoisotopic (exact) mass is 552 g/mol. The lowest BCUT2D eigenvalue weighted by molar-refractivity contribution is -0.120. The van der Waals surface area contributed by atoms with Gasteiger partial charge < -0.3 is 15.5 Å². The molecule has 0 unspecified atom stereocenters. The highest BCUT2D eigenvalue weighted by molar-refractivity contribution is 7.18. The van der Waals surface area contributed by atoms with Crippen LogP contribution in [-0.4, -0.2) is 55.9 Å². The summed E-state index contributed by atoms with van der Waals surface area (Å²) < 4.78 is 1.74. The highest BCUT2D eigenvalue weighted by Crippen LogP contribution is 2.47. The van der Waals surface area contributed by atoms with Crippen molar-refractivity contribution in [1.29, 1.82) is 10.5 Å². The molecule has 0 aromatic carbocycles. The molecule has 4 aromatic rings. The third kappa shape index (κ3) is 4.82. The molecule has 11 nitrogen and oxygen atoms in total. The van der Waals surface area contributed by atoms with Crippen molar-refractivity contribution in [3.63, 3.8) is 0 Å². The second-order valence-corrected chi connectivity index (χ2v) is 11.7. The SMILES string of the molecule is CC(=O)NC1CCC2(CC1)CN(c1nnc(-c3cnc(-c4ccc5cc(C#N)cnn45)cc3N[C@H](C)C#N)s1)C2. The van der Waals surface area contributed by atoms with Crippen LogP contribution in [0.1, 0.15) is 45.1 Å². The number of nitriles is 2. The van der Waals surface area contributed by atoms with Crippen LogP contribution in [0.4, 0.5) is 10.8 Å². The molecule has 6 rings (SSSR count). The van der Waals surface area contributed by atoms with Crippen molar-refractivity contribution < 1.29 is 4.79 Å². The first-order valence-electron chi connectivity index (χ1n) is 13.3. The fraction of sp³-hybridized carbons (Fsp3) is 0.393. The van der Waals surface area contributed by atoms with Gasteiger partial charge in [-0.15, -0.1) is 10.2 Å². The molecule has 1 amide bonds. The number of hydrogen-bond acceptors (Lipinski definition) is 10. The van der Waals surface area contributed by atoms with Crippen LogP contribution in [0.25, 0.3) is 27.5 Å². The fourth-order valence-electron chi connectivity index (χ4n) is 5.73. The van der Waals surface area contributed by atoms with Gasteiger partial charge in [-0.2, -0.15) is 15.6 Å². The zero-order valence-electron chi connectivity index (χ0n) is 22.3. The molecule has 2 fully saturated rings. The molecule has 1 aliphatic heterocycles. The van der Waals surface area contributed by atoms with Crippen molar-refractivity contribution in [2.75, 3.05) is 23.3 Å². The molecule has 0 radical (unpaired) electrons. The van der Waals surface area contributed by atoms with Crippen LogP contribution in [0, 0.1) is 28.1 Å². The van der Waals surface area contributed by atoms with Gasteiger partial charge in [0.15, 0.2) is 5.01 Å². The molecule has 40 heavy (non-hydrogen) atoms. The Bertz CT molecular complexity index is 1660. The van der Waals surface area contributed by atoms with Gasteiger partial charge >= 0.3 is 0 Å². The molecule has 1 saturated heterocycles. The molecular formula is C28H28N10OS. The van der Waals surface area contributed by atoms with E-state index in [0.29, 0.717) is 16.7 Å². The van der Waals surface area contributed by atoms with Crippen molar-refractivity contribution in [2.24, 2.45) is 5.41 Å². The minimum atomic E-state index is -0.426. The molecule has 1 saturated carbocycles. The minimum Gasteiger partial charge on any atom is -0.369 e. The van der Waals surface area contributed by atoms with Gasteiger partial charge in [-0.3, -0.25) is 9.78 Å². The van der Waals surface area contributed by atoms with Crippen LogP contribution in [0.15, 0.2) is 36.7 Å². The van der Waals surface area contributed by atoms with Gasteiger partial charge in [0.1, 0.15) is 12.1 Å². The van der Waals surface area contributed by atoms with E-state index in [1.54, 1.807) is 30.6 Å². The maximum absolute atomic E-state index is 11.4. The van der Waals surface area contributed by atoms with Gasteiger partial charge in [0.25, 0.3) is 0 Å². The summed E-state index contributed by atoms with van der Waals surface area (Å²) >= 11 is 1.52. The zero-order chi connectivity index (χ0) is 27.9. The van der Waals surface area contributed by atoms with Gasteiger partial charge in [-0.1, -0.05) is 11.3 Å². The number of anilines is 2. The number of aromatic nitrogens is 5. The maximum atomic E-state index is 11.4. The summed E-state index contributed by atoms with van der Waals surface area (Å²) in [5.41, 5.74) is 4.55. The highest BCUT2D eigenvalue weighted by atomic mass is 32.1. The van der Waals surface area contributed by atoms with E-state index in [4.69, 9.17) is 4.98 Å². The van der Waals surface area contributed by atoms with Crippen LogP contribution < -0.4 is 15.5 Å². The van der Waals surface area contributed by atoms with Crippen LogP contribution in [0.2, 0.25) is 0 Å². The van der Waals surface area contributed by atoms with E-state index in [-0.39, 0.29) is 11.9 Å². The van der Waals surface area contributed by atoms with Crippen LogP contribution in [0.3, 0.4) is 0 Å². The molecular weight excluding hydrogens is 524 g/mol. The van der Waals surface area contributed by atoms with Crippen LogP contribution in [0.5, 0.6) is 0 Å². The van der Waals surface area contributed by atoms with E-state index < -0.39 is 6.04 Å². The zero-order valence-corrected chi connectivity index (χ0v) is 23.1. The number of carbonyl (C=O) groups excluding carboxylic acids is 1. The predicted molar refractivity (Wildman–Crippen MR) is 151 cm³/mol. The average molecular weight is 553 g/mol. The molecule has 2 N–H and O–H groups in total. The number of amides is 1. The number of pyridine rings is 1. The Labute approximate surface area is 235 Å². The Morgan fingerprint density at radius 2 is 1.98 bits per heavy atom. The number of hydrogen-bond donors (Lipinski definition) is 2. The van der Waals surface area contributed by atoms with E-state index in [0.717, 1.165) is 71.4 Å². The van der Waals surface area contributed by atoms with E-state index in [1.807, 2.05) is 18.2 Å². The van der Waals surface area contributed by atoms with Crippen molar-refractivity contribution in [3.8, 4) is 34.1 Å². The van der Waals surface area contributed by atoms with Crippen molar-refractivity contribution in [3.05, 3.63) is 42.2 Å². The molecule has 1 aliphatic carbocycles. The summed E-state index contributed by atoms with van der Waals surface area (Å²) in [5.74, 6) is 0.0471. The lowest BCUT2D eigenvalue weighted by Crippen LogP contribution is -2.59. The molecule has 1 spiro atoms. The summed E-state index contributed by atoms with van der Waals surface area (Å²) in [6.07, 6.45) is 7.53. The number of rotatable bonds is 6. The minimum absolute atomic E-state index is 0.0471.